The van der Waals surface area contributed by atoms with Crippen LogP contribution < -0.4 is 5.32 Å². The fraction of sp³-hybridized carbons (Fsp3) is 0.182. The molecule has 0 saturated carbocycles. The average Bonchev–Trinajstić information content (AvgIpc) is 2.62. The van der Waals surface area contributed by atoms with Gasteiger partial charge in [0.25, 0.3) is 5.91 Å². The summed E-state index contributed by atoms with van der Waals surface area (Å²) in [5.74, 6) is -0.403. The number of carbonyl (C=O) groups is 1. The van der Waals surface area contributed by atoms with E-state index in [0.717, 1.165) is 10.9 Å². The fourth-order valence-electron chi connectivity index (χ4n) is 1.41. The molecule has 2 rings (SSSR count). The van der Waals surface area contributed by atoms with Gasteiger partial charge in [0, 0.05) is 17.1 Å². The number of carbonyl (C=O) groups excluding carboxylic acids is 1. The normalized spacial score (nSPS) is 12.7. The van der Waals surface area contributed by atoms with Crippen LogP contribution in [-0.2, 0) is 4.79 Å². The third-order valence-electron chi connectivity index (χ3n) is 2.23. The maximum atomic E-state index is 11.3. The molecule has 4 nitrogen and oxygen atoms in total. The van der Waals surface area contributed by atoms with Gasteiger partial charge in [-0.15, -0.1) is 0 Å². The molecule has 15 heavy (non-hydrogen) atoms. The zero-order chi connectivity index (χ0) is 10.8. The number of amides is 1. The number of H-pyrrole nitrogens is 1. The van der Waals surface area contributed by atoms with Gasteiger partial charge < -0.3 is 15.4 Å². The first kappa shape index (κ1) is 9.73. The number of aliphatic hydroxyl groups is 1. The van der Waals surface area contributed by atoms with Crippen LogP contribution in [0.1, 0.15) is 6.92 Å². The van der Waals surface area contributed by atoms with E-state index >= 15 is 0 Å². The van der Waals surface area contributed by atoms with Crippen molar-refractivity contribution < 1.29 is 9.90 Å². The van der Waals surface area contributed by atoms with E-state index in [1.54, 1.807) is 6.20 Å². The minimum Gasteiger partial charge on any atom is -0.384 e. The molecule has 0 bridgehead atoms. The van der Waals surface area contributed by atoms with E-state index in [2.05, 4.69) is 10.3 Å². The molecule has 4 heteroatoms. The topological polar surface area (TPSA) is 65.1 Å². The van der Waals surface area contributed by atoms with Gasteiger partial charge in [0.05, 0.1) is 5.69 Å². The maximum absolute atomic E-state index is 11.3. The van der Waals surface area contributed by atoms with Gasteiger partial charge in [-0.05, 0) is 13.0 Å². The highest BCUT2D eigenvalue weighted by atomic mass is 16.3. The summed E-state index contributed by atoms with van der Waals surface area (Å²) in [5.41, 5.74) is 1.65. The Balaban J connectivity index is 2.33. The summed E-state index contributed by atoms with van der Waals surface area (Å²) in [6.07, 6.45) is 0.712. The van der Waals surface area contributed by atoms with Crippen molar-refractivity contribution in [1.29, 1.82) is 0 Å². The molecule has 1 unspecified atom stereocenters. The van der Waals surface area contributed by atoms with Gasteiger partial charge in [-0.25, -0.2) is 0 Å². The highest BCUT2D eigenvalue weighted by Gasteiger charge is 2.11. The Hall–Kier alpha value is -1.81. The Labute approximate surface area is 86.9 Å². The molecule has 0 aliphatic heterocycles. The van der Waals surface area contributed by atoms with Gasteiger partial charge in [0.2, 0.25) is 0 Å². The minimum atomic E-state index is -1.00. The van der Waals surface area contributed by atoms with E-state index < -0.39 is 12.0 Å². The summed E-state index contributed by atoms with van der Waals surface area (Å²) in [5, 5.41) is 12.7. The molecule has 1 aromatic heterocycles. The first-order valence-corrected chi connectivity index (χ1v) is 4.73. The van der Waals surface area contributed by atoms with Crippen LogP contribution >= 0.6 is 0 Å². The highest BCUT2D eigenvalue weighted by Crippen LogP contribution is 2.22. The molecule has 0 saturated heterocycles. The van der Waals surface area contributed by atoms with Gasteiger partial charge in [-0.3, -0.25) is 4.79 Å². The first-order valence-electron chi connectivity index (χ1n) is 4.73. The van der Waals surface area contributed by atoms with Crippen molar-refractivity contribution >= 4 is 22.5 Å². The van der Waals surface area contributed by atoms with Crippen LogP contribution in [0.4, 0.5) is 5.69 Å². The Kier molecular flexibility index (Phi) is 2.43. The number of anilines is 1. The predicted octanol–water partition coefficient (Wildman–Crippen LogP) is 1.49. The molecule has 0 fully saturated rings. The monoisotopic (exact) mass is 204 g/mol. The maximum Gasteiger partial charge on any atom is 0.252 e. The summed E-state index contributed by atoms with van der Waals surface area (Å²) in [4.78, 5) is 14.3. The molecule has 0 spiro atoms. The number of aromatic amines is 1. The molecule has 1 amide bonds. The molecule has 0 aliphatic rings. The number of hydrogen-bond acceptors (Lipinski definition) is 2. The van der Waals surface area contributed by atoms with Gasteiger partial charge in [-0.2, -0.15) is 0 Å². The zero-order valence-corrected chi connectivity index (χ0v) is 8.32. The third-order valence-corrected chi connectivity index (χ3v) is 2.23. The lowest BCUT2D eigenvalue weighted by molar-refractivity contribution is -0.123. The van der Waals surface area contributed by atoms with E-state index in [-0.39, 0.29) is 0 Å². The van der Waals surface area contributed by atoms with Crippen molar-refractivity contribution in [3.8, 4) is 0 Å². The number of para-hydroxylation sites is 1. The van der Waals surface area contributed by atoms with Crippen LogP contribution in [0, 0.1) is 0 Å². The van der Waals surface area contributed by atoms with Gasteiger partial charge in [0.1, 0.15) is 6.10 Å². The van der Waals surface area contributed by atoms with Crippen LogP contribution in [-0.4, -0.2) is 22.1 Å². The molecule has 0 radical (unpaired) electrons. The van der Waals surface area contributed by atoms with Crippen molar-refractivity contribution in [3.05, 3.63) is 30.5 Å². The van der Waals surface area contributed by atoms with E-state index in [4.69, 9.17) is 5.11 Å². The molecular formula is C11H12N2O2. The minimum absolute atomic E-state index is 0.403. The number of aromatic nitrogens is 1. The van der Waals surface area contributed by atoms with E-state index in [9.17, 15) is 4.79 Å². The summed E-state index contributed by atoms with van der Waals surface area (Å²) in [7, 11) is 0. The average molecular weight is 204 g/mol. The molecular weight excluding hydrogens is 192 g/mol. The van der Waals surface area contributed by atoms with Crippen LogP contribution in [0.15, 0.2) is 30.5 Å². The van der Waals surface area contributed by atoms with Gasteiger partial charge in [-0.1, -0.05) is 18.2 Å². The lowest BCUT2D eigenvalue weighted by atomic mass is 10.2. The molecule has 1 atom stereocenters. The second-order valence-electron chi connectivity index (χ2n) is 3.41. The molecule has 0 aliphatic carbocycles. The highest BCUT2D eigenvalue weighted by molar-refractivity contribution is 6.02. The van der Waals surface area contributed by atoms with Gasteiger partial charge in [0.15, 0.2) is 0 Å². The first-order chi connectivity index (χ1) is 7.18. The van der Waals surface area contributed by atoms with Crippen molar-refractivity contribution in [3.63, 3.8) is 0 Å². The van der Waals surface area contributed by atoms with Crippen LogP contribution in [0.3, 0.4) is 0 Å². The fourth-order valence-corrected chi connectivity index (χ4v) is 1.41. The number of benzene rings is 1. The van der Waals surface area contributed by atoms with Crippen molar-refractivity contribution in [2.45, 2.75) is 13.0 Å². The summed E-state index contributed by atoms with van der Waals surface area (Å²) >= 11 is 0. The standard InChI is InChI=1S/C11H12N2O2/c1-7(14)11(15)13-10-6-12-9-5-3-2-4-8(9)10/h2-7,12,14H,1H3,(H,13,15). The molecule has 1 aromatic carbocycles. The van der Waals surface area contributed by atoms with Crippen molar-refractivity contribution in [1.82, 2.24) is 4.98 Å². The third kappa shape index (κ3) is 1.85. The molecule has 78 valence electrons. The molecule has 2 aromatic rings. The number of nitrogens with one attached hydrogen (secondary N) is 2. The Morgan fingerprint density at radius 3 is 2.93 bits per heavy atom. The SMILES string of the molecule is CC(O)C(=O)Nc1c[nH]c2ccccc12. The second kappa shape index (κ2) is 3.74. The van der Waals surface area contributed by atoms with E-state index in [0.29, 0.717) is 5.69 Å². The van der Waals surface area contributed by atoms with E-state index in [1.165, 1.54) is 6.92 Å². The van der Waals surface area contributed by atoms with Crippen LogP contribution in [0.25, 0.3) is 10.9 Å². The summed E-state index contributed by atoms with van der Waals surface area (Å²) in [6, 6.07) is 7.64. The van der Waals surface area contributed by atoms with E-state index in [1.807, 2.05) is 24.3 Å². The summed E-state index contributed by atoms with van der Waals surface area (Å²) < 4.78 is 0. The molecule has 1 heterocycles. The lowest BCUT2D eigenvalue weighted by Crippen LogP contribution is -2.24. The Bertz CT molecular complexity index is 488. The second-order valence-corrected chi connectivity index (χ2v) is 3.41. The quantitative estimate of drug-likeness (QED) is 0.693. The number of aliphatic hydroxyl groups excluding tert-OH is 1. The van der Waals surface area contributed by atoms with Crippen molar-refractivity contribution in [2.75, 3.05) is 5.32 Å². The lowest BCUT2D eigenvalue weighted by Gasteiger charge is -2.05. The smallest absolute Gasteiger partial charge is 0.252 e. The Morgan fingerprint density at radius 1 is 1.47 bits per heavy atom. The number of rotatable bonds is 2. The van der Waals surface area contributed by atoms with Crippen LogP contribution in [0.5, 0.6) is 0 Å². The number of fused-ring (bicyclic) bond motifs is 1. The summed E-state index contributed by atoms with van der Waals surface area (Å²) in [6.45, 7) is 1.43. The predicted molar refractivity (Wildman–Crippen MR) is 58.6 cm³/mol. The van der Waals surface area contributed by atoms with Crippen molar-refractivity contribution in [2.24, 2.45) is 0 Å². The number of hydrogen-bond donors (Lipinski definition) is 3. The van der Waals surface area contributed by atoms with Gasteiger partial charge >= 0.3 is 0 Å². The largest absolute Gasteiger partial charge is 0.384 e. The Morgan fingerprint density at radius 2 is 2.20 bits per heavy atom. The van der Waals surface area contributed by atoms with Crippen LogP contribution in [0.2, 0.25) is 0 Å². The zero-order valence-electron chi connectivity index (χ0n) is 8.32. The molecule has 3 N–H and O–H groups in total.